The van der Waals surface area contributed by atoms with E-state index >= 15 is 0 Å². The number of hydrogen-bond donors (Lipinski definition) is 0. The van der Waals surface area contributed by atoms with Gasteiger partial charge in [0.15, 0.2) is 0 Å². The van der Waals surface area contributed by atoms with Crippen LogP contribution in [-0.4, -0.2) is 53.7 Å². The highest BCUT2D eigenvalue weighted by molar-refractivity contribution is 5.05. The van der Waals surface area contributed by atoms with E-state index < -0.39 is 0 Å². The second kappa shape index (κ2) is 7.68. The van der Waals surface area contributed by atoms with Gasteiger partial charge in [-0.05, 0) is 50.1 Å². The Morgan fingerprint density at radius 2 is 2.20 bits per heavy atom. The number of nitrogens with zero attached hydrogens (tertiary/aromatic N) is 3. The summed E-state index contributed by atoms with van der Waals surface area (Å²) < 4.78 is 11.8. The van der Waals surface area contributed by atoms with Gasteiger partial charge in [-0.25, -0.2) is 0 Å². The van der Waals surface area contributed by atoms with Crippen molar-refractivity contribution < 1.29 is 9.15 Å². The molecule has 2 saturated heterocycles. The second-order valence-corrected chi connectivity index (χ2v) is 7.31. The van der Waals surface area contributed by atoms with Gasteiger partial charge in [0.1, 0.15) is 5.76 Å². The van der Waals surface area contributed by atoms with Crippen LogP contribution in [0.3, 0.4) is 0 Å². The Morgan fingerprint density at radius 3 is 3.00 bits per heavy atom. The topological polar surface area (TPSA) is 41.7 Å². The first kappa shape index (κ1) is 16.8. The van der Waals surface area contributed by atoms with Gasteiger partial charge in [0, 0.05) is 38.5 Å². The third kappa shape index (κ3) is 3.94. The lowest BCUT2D eigenvalue weighted by molar-refractivity contribution is -0.114. The number of hydrogen-bond acceptors (Lipinski definition) is 5. The first-order valence-electron chi connectivity index (χ1n) is 9.26. The predicted molar refractivity (Wildman–Crippen MR) is 95.9 cm³/mol. The number of furan rings is 1. The summed E-state index contributed by atoms with van der Waals surface area (Å²) in [5.41, 5.74) is 1.14. The van der Waals surface area contributed by atoms with Crippen molar-refractivity contribution in [1.29, 1.82) is 0 Å². The Labute approximate surface area is 149 Å². The minimum absolute atomic E-state index is 0.327. The summed E-state index contributed by atoms with van der Waals surface area (Å²) in [5, 5.41) is 0. The van der Waals surface area contributed by atoms with Crippen molar-refractivity contribution in [3.8, 4) is 0 Å². The van der Waals surface area contributed by atoms with Crippen molar-refractivity contribution in [3.05, 3.63) is 54.2 Å². The number of likely N-dealkylation sites (N-methyl/N-ethyl adjacent to an activating group) is 1. The predicted octanol–water partition coefficient (Wildman–Crippen LogP) is 2.79. The van der Waals surface area contributed by atoms with Gasteiger partial charge in [0.05, 0.1) is 24.6 Å². The number of likely N-dealkylation sites (tertiary alicyclic amines) is 1. The van der Waals surface area contributed by atoms with Crippen LogP contribution in [0.4, 0.5) is 0 Å². The van der Waals surface area contributed by atoms with Crippen LogP contribution in [-0.2, 0) is 17.8 Å². The van der Waals surface area contributed by atoms with Gasteiger partial charge in [-0.1, -0.05) is 6.07 Å². The molecule has 0 unspecified atom stereocenters. The fourth-order valence-electron chi connectivity index (χ4n) is 4.27. The quantitative estimate of drug-likeness (QED) is 0.836. The van der Waals surface area contributed by atoms with Gasteiger partial charge in [-0.15, -0.1) is 0 Å². The fourth-order valence-corrected chi connectivity index (χ4v) is 4.27. The lowest BCUT2D eigenvalue weighted by atomic mass is 9.84. The van der Waals surface area contributed by atoms with Crippen LogP contribution in [0.15, 0.2) is 47.2 Å². The van der Waals surface area contributed by atoms with Crippen LogP contribution in [0.2, 0.25) is 0 Å². The van der Waals surface area contributed by atoms with E-state index in [1.807, 2.05) is 24.4 Å². The van der Waals surface area contributed by atoms with E-state index in [0.29, 0.717) is 18.1 Å². The zero-order valence-electron chi connectivity index (χ0n) is 14.9. The van der Waals surface area contributed by atoms with Crippen molar-refractivity contribution in [1.82, 2.24) is 14.8 Å². The molecule has 2 aromatic rings. The molecule has 2 fully saturated rings. The van der Waals surface area contributed by atoms with Crippen LogP contribution in [0.1, 0.15) is 24.3 Å². The Balaban J connectivity index is 1.48. The molecule has 0 radical (unpaired) electrons. The molecule has 25 heavy (non-hydrogen) atoms. The molecule has 4 heterocycles. The SMILES string of the molecule is CN(Cc1ccco1)[C@@H]1CN(Cc2ccccn2)C[C@@H]2CCCO[C@@H]21. The fraction of sp³-hybridized carbons (Fsp3) is 0.550. The van der Waals surface area contributed by atoms with Gasteiger partial charge >= 0.3 is 0 Å². The Kier molecular flexibility index (Phi) is 5.15. The summed E-state index contributed by atoms with van der Waals surface area (Å²) in [5.74, 6) is 1.62. The standard InChI is InChI=1S/C20H27N3O2/c1-22(14-18-8-5-10-24-18)19-15-23(13-17-7-2-3-9-21-17)12-16-6-4-11-25-20(16)19/h2-3,5,7-10,16,19-20H,4,6,11-15H2,1H3/t16-,19+,20-/m0/s1. The molecule has 0 aliphatic carbocycles. The van der Waals surface area contributed by atoms with Gasteiger partial charge in [-0.2, -0.15) is 0 Å². The Morgan fingerprint density at radius 1 is 1.24 bits per heavy atom. The molecule has 2 aliphatic rings. The van der Waals surface area contributed by atoms with E-state index in [0.717, 1.165) is 44.2 Å². The lowest BCUT2D eigenvalue weighted by Crippen LogP contribution is -2.59. The van der Waals surface area contributed by atoms with Crippen molar-refractivity contribution in [2.75, 3.05) is 26.7 Å². The average molecular weight is 341 g/mol. The maximum atomic E-state index is 6.22. The number of ether oxygens (including phenoxy) is 1. The summed E-state index contributed by atoms with van der Waals surface area (Å²) in [6.45, 7) is 4.74. The van der Waals surface area contributed by atoms with Crippen molar-refractivity contribution >= 4 is 0 Å². The highest BCUT2D eigenvalue weighted by Gasteiger charge is 2.41. The monoisotopic (exact) mass is 341 g/mol. The highest BCUT2D eigenvalue weighted by Crippen LogP contribution is 2.31. The van der Waals surface area contributed by atoms with Crippen molar-refractivity contribution in [2.24, 2.45) is 5.92 Å². The summed E-state index contributed by atoms with van der Waals surface area (Å²) in [6.07, 6.45) is 6.39. The molecule has 0 amide bonds. The van der Waals surface area contributed by atoms with Crippen LogP contribution in [0.5, 0.6) is 0 Å². The molecule has 5 nitrogen and oxygen atoms in total. The summed E-state index contributed by atoms with van der Waals surface area (Å²) in [6, 6.07) is 10.5. The van der Waals surface area contributed by atoms with Crippen LogP contribution in [0.25, 0.3) is 0 Å². The van der Waals surface area contributed by atoms with E-state index in [-0.39, 0.29) is 0 Å². The molecule has 4 rings (SSSR count). The Hall–Kier alpha value is -1.69. The first-order valence-corrected chi connectivity index (χ1v) is 9.26. The molecule has 5 heteroatoms. The zero-order chi connectivity index (χ0) is 17.1. The average Bonchev–Trinajstić information content (AvgIpc) is 3.15. The normalized spacial score (nSPS) is 27.4. The first-order chi connectivity index (χ1) is 12.3. The molecular weight excluding hydrogens is 314 g/mol. The van der Waals surface area contributed by atoms with E-state index in [4.69, 9.17) is 9.15 Å². The third-order valence-corrected chi connectivity index (χ3v) is 5.47. The smallest absolute Gasteiger partial charge is 0.117 e. The molecule has 2 aliphatic heterocycles. The maximum absolute atomic E-state index is 6.22. The second-order valence-electron chi connectivity index (χ2n) is 7.31. The third-order valence-electron chi connectivity index (χ3n) is 5.47. The number of rotatable bonds is 5. The van der Waals surface area contributed by atoms with E-state index in [2.05, 4.69) is 34.0 Å². The molecule has 2 aromatic heterocycles. The molecule has 3 atom stereocenters. The van der Waals surface area contributed by atoms with Crippen molar-refractivity contribution in [3.63, 3.8) is 0 Å². The van der Waals surface area contributed by atoms with Gasteiger partial charge in [-0.3, -0.25) is 14.8 Å². The van der Waals surface area contributed by atoms with Gasteiger partial charge in [0.2, 0.25) is 0 Å². The lowest BCUT2D eigenvalue weighted by Gasteiger charge is -2.48. The van der Waals surface area contributed by atoms with Crippen molar-refractivity contribution in [2.45, 2.75) is 38.1 Å². The summed E-state index contributed by atoms with van der Waals surface area (Å²) >= 11 is 0. The van der Waals surface area contributed by atoms with Gasteiger partial charge in [0.25, 0.3) is 0 Å². The Bertz CT molecular complexity index is 646. The molecule has 0 aromatic carbocycles. The molecule has 134 valence electrons. The highest BCUT2D eigenvalue weighted by atomic mass is 16.5. The maximum Gasteiger partial charge on any atom is 0.117 e. The summed E-state index contributed by atoms with van der Waals surface area (Å²) in [4.78, 5) is 9.44. The number of piperidine rings is 1. The number of fused-ring (bicyclic) bond motifs is 1. The largest absolute Gasteiger partial charge is 0.468 e. The molecule has 0 N–H and O–H groups in total. The molecule has 0 spiro atoms. The minimum Gasteiger partial charge on any atom is -0.468 e. The molecule has 0 saturated carbocycles. The summed E-state index contributed by atoms with van der Waals surface area (Å²) in [7, 11) is 2.19. The van der Waals surface area contributed by atoms with E-state index in [1.165, 1.54) is 12.8 Å². The van der Waals surface area contributed by atoms with Crippen LogP contribution < -0.4 is 0 Å². The zero-order valence-corrected chi connectivity index (χ0v) is 14.9. The van der Waals surface area contributed by atoms with Gasteiger partial charge < -0.3 is 9.15 Å². The van der Waals surface area contributed by atoms with Crippen LogP contribution >= 0.6 is 0 Å². The molecule has 0 bridgehead atoms. The number of aromatic nitrogens is 1. The van der Waals surface area contributed by atoms with E-state index in [9.17, 15) is 0 Å². The number of pyridine rings is 1. The van der Waals surface area contributed by atoms with E-state index in [1.54, 1.807) is 6.26 Å². The molecular formula is C20H27N3O2. The minimum atomic E-state index is 0.327. The van der Waals surface area contributed by atoms with Crippen LogP contribution in [0, 0.1) is 5.92 Å².